The molecule has 0 unspecified atom stereocenters. The maximum atomic E-state index is 12.8. The molecule has 1 amide bonds. The van der Waals surface area contributed by atoms with Gasteiger partial charge in [-0.3, -0.25) is 14.7 Å². The fourth-order valence-corrected chi connectivity index (χ4v) is 5.03. The van der Waals surface area contributed by atoms with Gasteiger partial charge in [-0.1, -0.05) is 25.0 Å². The Hall–Kier alpha value is -1.55. The van der Waals surface area contributed by atoms with E-state index < -0.39 is 0 Å². The van der Waals surface area contributed by atoms with Gasteiger partial charge < -0.3 is 20.4 Å². The Morgan fingerprint density at radius 3 is 2.42 bits per heavy atom. The lowest BCUT2D eigenvalue weighted by Crippen LogP contribution is -2.49. The summed E-state index contributed by atoms with van der Waals surface area (Å²) in [7, 11) is 5.52. The molecule has 33 heavy (non-hydrogen) atoms. The molecule has 0 aromatic heterocycles. The van der Waals surface area contributed by atoms with Crippen molar-refractivity contribution < 1.29 is 4.79 Å². The van der Waals surface area contributed by atoms with Crippen LogP contribution in [-0.4, -0.2) is 88.6 Å². The molecule has 1 aliphatic carbocycles. The minimum Gasteiger partial charge on any atom is -0.369 e. The van der Waals surface area contributed by atoms with Gasteiger partial charge >= 0.3 is 0 Å². The Morgan fingerprint density at radius 2 is 1.82 bits per heavy atom. The van der Waals surface area contributed by atoms with Gasteiger partial charge in [0, 0.05) is 66.1 Å². The summed E-state index contributed by atoms with van der Waals surface area (Å²) in [6.07, 6.45) is 5.26. The molecule has 186 valence electrons. The first-order valence-corrected chi connectivity index (χ1v) is 12.1. The first-order chi connectivity index (χ1) is 15.4. The molecule has 1 heterocycles. The van der Waals surface area contributed by atoms with Crippen LogP contribution in [0.4, 0.5) is 5.69 Å². The van der Waals surface area contributed by atoms with Crippen LogP contribution in [0.5, 0.6) is 0 Å². The number of rotatable bonds is 8. The first-order valence-electron chi connectivity index (χ1n) is 12.1. The molecule has 1 saturated heterocycles. The van der Waals surface area contributed by atoms with Gasteiger partial charge in [0.05, 0.1) is 5.41 Å². The third-order valence-corrected chi connectivity index (χ3v) is 6.92. The van der Waals surface area contributed by atoms with Crippen molar-refractivity contribution in [2.24, 2.45) is 10.4 Å². The van der Waals surface area contributed by atoms with Crippen LogP contribution in [0.1, 0.15) is 37.7 Å². The van der Waals surface area contributed by atoms with Crippen LogP contribution in [0.15, 0.2) is 29.3 Å². The van der Waals surface area contributed by atoms with E-state index in [1.165, 1.54) is 11.3 Å². The van der Waals surface area contributed by atoms with Gasteiger partial charge in [-0.15, -0.1) is 24.0 Å². The van der Waals surface area contributed by atoms with Crippen molar-refractivity contribution >= 4 is 41.5 Å². The highest BCUT2D eigenvalue weighted by Gasteiger charge is 2.42. The van der Waals surface area contributed by atoms with Gasteiger partial charge in [-0.2, -0.15) is 0 Å². The summed E-state index contributed by atoms with van der Waals surface area (Å²) >= 11 is 0. The number of anilines is 1. The number of piperazine rings is 1. The van der Waals surface area contributed by atoms with E-state index in [4.69, 9.17) is 0 Å². The molecule has 0 spiro atoms. The molecule has 1 saturated carbocycles. The average Bonchev–Trinajstić information content (AvgIpc) is 3.28. The number of benzene rings is 1. The Balaban J connectivity index is 0.00000385. The summed E-state index contributed by atoms with van der Waals surface area (Å²) in [6.45, 7) is 9.17. The number of aryl methyl sites for hydroxylation is 1. The zero-order valence-corrected chi connectivity index (χ0v) is 23.2. The van der Waals surface area contributed by atoms with Gasteiger partial charge in [-0.25, -0.2) is 0 Å². The predicted molar refractivity (Wildman–Crippen MR) is 149 cm³/mol. The smallest absolute Gasteiger partial charge is 0.230 e. The van der Waals surface area contributed by atoms with E-state index in [0.717, 1.165) is 77.3 Å². The van der Waals surface area contributed by atoms with Gasteiger partial charge in [0.1, 0.15) is 0 Å². The number of aliphatic imine (C=N–C) groups is 1. The maximum absolute atomic E-state index is 12.8. The summed E-state index contributed by atoms with van der Waals surface area (Å²) < 4.78 is 0. The lowest BCUT2D eigenvalue weighted by molar-refractivity contribution is -0.138. The monoisotopic (exact) mass is 570 g/mol. The molecule has 7 nitrogen and oxygen atoms in total. The lowest BCUT2D eigenvalue weighted by Gasteiger charge is -2.36. The third kappa shape index (κ3) is 7.73. The van der Waals surface area contributed by atoms with Crippen LogP contribution in [0.25, 0.3) is 0 Å². The van der Waals surface area contributed by atoms with E-state index in [9.17, 15) is 4.79 Å². The van der Waals surface area contributed by atoms with Gasteiger partial charge in [-0.05, 0) is 50.4 Å². The number of hydrogen-bond acceptors (Lipinski definition) is 4. The van der Waals surface area contributed by atoms with Crippen LogP contribution in [-0.2, 0) is 4.79 Å². The molecule has 2 N–H and O–H groups in total. The Labute approximate surface area is 217 Å². The van der Waals surface area contributed by atoms with Crippen molar-refractivity contribution in [1.29, 1.82) is 0 Å². The minimum absolute atomic E-state index is 0. The Bertz CT molecular complexity index is 770. The average molecular weight is 571 g/mol. The summed E-state index contributed by atoms with van der Waals surface area (Å²) in [6, 6.07) is 8.80. The zero-order chi connectivity index (χ0) is 23.0. The highest BCUT2D eigenvalue weighted by Crippen LogP contribution is 2.38. The SMILES string of the molecule is CN=C(NCCCN1CCN(c2cccc(C)c2)CC1)NCC1(C(=O)N(C)C)CCCC1.I. The van der Waals surface area contributed by atoms with E-state index in [0.29, 0.717) is 6.54 Å². The highest BCUT2D eigenvalue weighted by atomic mass is 127. The second-order valence-electron chi connectivity index (χ2n) is 9.56. The molecule has 2 fully saturated rings. The minimum atomic E-state index is -0.280. The quantitative estimate of drug-likeness (QED) is 0.218. The number of carbonyl (C=O) groups is 1. The first kappa shape index (κ1) is 27.7. The number of nitrogens with one attached hydrogen (secondary N) is 2. The second-order valence-corrected chi connectivity index (χ2v) is 9.56. The fraction of sp³-hybridized carbons (Fsp3) is 0.680. The van der Waals surface area contributed by atoms with Crippen LogP contribution >= 0.6 is 24.0 Å². The molecule has 0 atom stereocenters. The van der Waals surface area contributed by atoms with Crippen LogP contribution < -0.4 is 15.5 Å². The predicted octanol–water partition coefficient (Wildman–Crippen LogP) is 2.94. The maximum Gasteiger partial charge on any atom is 0.230 e. The number of amides is 1. The molecule has 0 radical (unpaired) electrons. The summed E-state index contributed by atoms with van der Waals surface area (Å²) in [5.74, 6) is 1.04. The van der Waals surface area contributed by atoms with Crippen LogP contribution in [0, 0.1) is 12.3 Å². The topological polar surface area (TPSA) is 63.2 Å². The standard InChI is InChI=1S/C25H42N6O.HI/c1-21-9-7-10-22(19-21)31-17-15-30(16-18-31)14-8-13-27-24(26-2)28-20-25(11-5-6-12-25)23(32)29(3)4;/h7,9-10,19H,5-6,8,11-18,20H2,1-4H3,(H2,26,27,28);1H. The lowest BCUT2D eigenvalue weighted by atomic mass is 9.84. The number of halogens is 1. The molecule has 1 aromatic rings. The second kappa shape index (κ2) is 13.4. The number of hydrogen-bond donors (Lipinski definition) is 2. The van der Waals surface area contributed by atoms with Gasteiger partial charge in [0.25, 0.3) is 0 Å². The fourth-order valence-electron chi connectivity index (χ4n) is 5.03. The zero-order valence-electron chi connectivity index (χ0n) is 20.9. The van der Waals surface area contributed by atoms with E-state index in [1.807, 2.05) is 14.1 Å². The summed E-state index contributed by atoms with van der Waals surface area (Å²) in [4.78, 5) is 23.9. The molecule has 2 aliphatic rings. The van der Waals surface area contributed by atoms with E-state index >= 15 is 0 Å². The molecule has 0 bridgehead atoms. The summed E-state index contributed by atoms with van der Waals surface area (Å²) in [5, 5.41) is 6.86. The van der Waals surface area contributed by atoms with E-state index in [1.54, 1.807) is 11.9 Å². The van der Waals surface area contributed by atoms with Gasteiger partial charge in [0.2, 0.25) is 5.91 Å². The van der Waals surface area contributed by atoms with Gasteiger partial charge in [0.15, 0.2) is 5.96 Å². The molecule has 1 aromatic carbocycles. The van der Waals surface area contributed by atoms with Crippen molar-refractivity contribution in [2.75, 3.05) is 71.9 Å². The van der Waals surface area contributed by atoms with E-state index in [2.05, 4.69) is 56.6 Å². The number of nitrogens with zero attached hydrogens (tertiary/aromatic N) is 4. The van der Waals surface area contributed by atoms with Crippen LogP contribution in [0.2, 0.25) is 0 Å². The number of carbonyl (C=O) groups excluding carboxylic acids is 1. The van der Waals surface area contributed by atoms with Crippen molar-refractivity contribution in [1.82, 2.24) is 20.4 Å². The highest BCUT2D eigenvalue weighted by molar-refractivity contribution is 14.0. The number of guanidine groups is 1. The van der Waals surface area contributed by atoms with Crippen LogP contribution in [0.3, 0.4) is 0 Å². The normalized spacial score (nSPS) is 18.5. The Morgan fingerprint density at radius 1 is 1.12 bits per heavy atom. The van der Waals surface area contributed by atoms with E-state index in [-0.39, 0.29) is 35.3 Å². The van der Waals surface area contributed by atoms with Crippen molar-refractivity contribution in [3.63, 3.8) is 0 Å². The molecule has 1 aliphatic heterocycles. The summed E-state index contributed by atoms with van der Waals surface area (Å²) in [5.41, 5.74) is 2.38. The molecule has 3 rings (SSSR count). The van der Waals surface area contributed by atoms with Crippen molar-refractivity contribution in [2.45, 2.75) is 39.0 Å². The Kier molecular flexibility index (Phi) is 11.2. The largest absolute Gasteiger partial charge is 0.369 e. The van der Waals surface area contributed by atoms with Crippen molar-refractivity contribution in [3.05, 3.63) is 29.8 Å². The van der Waals surface area contributed by atoms with Crippen molar-refractivity contribution in [3.8, 4) is 0 Å². The molecular formula is C25H43IN6O. The molecular weight excluding hydrogens is 527 g/mol. The third-order valence-electron chi connectivity index (χ3n) is 6.92. The molecule has 8 heteroatoms.